The molecule has 2 unspecified atom stereocenters. The van der Waals surface area contributed by atoms with E-state index in [4.69, 9.17) is 9.26 Å². The van der Waals surface area contributed by atoms with Crippen molar-refractivity contribution >= 4 is 0 Å². The first-order chi connectivity index (χ1) is 11.1. The molecule has 5 nitrogen and oxygen atoms in total. The summed E-state index contributed by atoms with van der Waals surface area (Å²) in [5.74, 6) is 2.80. The Kier molecular flexibility index (Phi) is 4.91. The lowest BCUT2D eigenvalue weighted by Gasteiger charge is -2.33. The molecule has 2 heterocycles. The van der Waals surface area contributed by atoms with Gasteiger partial charge in [-0.3, -0.25) is 4.90 Å². The molecule has 0 saturated carbocycles. The van der Waals surface area contributed by atoms with Crippen LogP contribution in [0.2, 0.25) is 0 Å². The zero-order valence-electron chi connectivity index (χ0n) is 13.5. The number of piperidine rings is 1. The minimum Gasteiger partial charge on any atom is -0.485 e. The van der Waals surface area contributed by atoms with E-state index < -0.39 is 0 Å². The monoisotopic (exact) mass is 319 g/mol. The van der Waals surface area contributed by atoms with Crippen molar-refractivity contribution < 1.29 is 13.7 Å². The van der Waals surface area contributed by atoms with Gasteiger partial charge in [-0.2, -0.15) is 4.98 Å². The Bertz CT molecular complexity index is 619. The van der Waals surface area contributed by atoms with Crippen LogP contribution in [0.15, 0.2) is 28.8 Å². The zero-order chi connectivity index (χ0) is 16.2. The third-order valence-electron chi connectivity index (χ3n) is 4.00. The third-order valence-corrected chi connectivity index (χ3v) is 4.00. The van der Waals surface area contributed by atoms with E-state index in [9.17, 15) is 4.39 Å². The molecule has 1 saturated heterocycles. The van der Waals surface area contributed by atoms with Gasteiger partial charge in [0, 0.05) is 13.1 Å². The van der Waals surface area contributed by atoms with Gasteiger partial charge in [0.15, 0.2) is 6.61 Å². The maximum Gasteiger partial charge on any atom is 0.240 e. The van der Waals surface area contributed by atoms with Crippen molar-refractivity contribution in [3.05, 3.63) is 41.8 Å². The van der Waals surface area contributed by atoms with Crippen molar-refractivity contribution in [1.29, 1.82) is 0 Å². The maximum atomic E-state index is 12.8. The summed E-state index contributed by atoms with van der Waals surface area (Å²) in [5.41, 5.74) is 0. The van der Waals surface area contributed by atoms with E-state index in [0.29, 0.717) is 35.8 Å². The minimum absolute atomic E-state index is 0.210. The van der Waals surface area contributed by atoms with E-state index in [-0.39, 0.29) is 12.4 Å². The van der Waals surface area contributed by atoms with Crippen molar-refractivity contribution in [1.82, 2.24) is 15.0 Å². The summed E-state index contributed by atoms with van der Waals surface area (Å²) in [4.78, 5) is 6.73. The molecule has 2 aromatic rings. The summed E-state index contributed by atoms with van der Waals surface area (Å²) in [5, 5.41) is 3.94. The molecule has 124 valence electrons. The average Bonchev–Trinajstić information content (AvgIpc) is 2.93. The van der Waals surface area contributed by atoms with Crippen LogP contribution in [0, 0.1) is 17.7 Å². The van der Waals surface area contributed by atoms with Crippen LogP contribution in [0.1, 0.15) is 32.0 Å². The number of hydrogen-bond acceptors (Lipinski definition) is 5. The molecule has 23 heavy (non-hydrogen) atoms. The SMILES string of the molecule is CC1CC(C)CN(Cc2nc(COc3ccc(F)cc3)no2)C1. The van der Waals surface area contributed by atoms with Crippen molar-refractivity contribution in [3.63, 3.8) is 0 Å². The molecule has 1 aromatic carbocycles. The summed E-state index contributed by atoms with van der Waals surface area (Å²) < 4.78 is 23.7. The second kappa shape index (κ2) is 7.08. The molecular weight excluding hydrogens is 297 g/mol. The third kappa shape index (κ3) is 4.51. The highest BCUT2D eigenvalue weighted by molar-refractivity contribution is 5.22. The fourth-order valence-electron chi connectivity index (χ4n) is 3.20. The minimum atomic E-state index is -0.288. The van der Waals surface area contributed by atoms with Crippen molar-refractivity contribution in [2.24, 2.45) is 11.8 Å². The molecule has 0 spiro atoms. The van der Waals surface area contributed by atoms with Gasteiger partial charge in [0.05, 0.1) is 6.54 Å². The quantitative estimate of drug-likeness (QED) is 0.846. The first-order valence-electron chi connectivity index (χ1n) is 8.00. The Morgan fingerprint density at radius 3 is 2.61 bits per heavy atom. The predicted octanol–water partition coefficient (Wildman–Crippen LogP) is 3.27. The molecule has 1 aliphatic heterocycles. The van der Waals surface area contributed by atoms with Gasteiger partial charge in [-0.05, 0) is 42.5 Å². The smallest absolute Gasteiger partial charge is 0.240 e. The first-order valence-corrected chi connectivity index (χ1v) is 8.00. The number of rotatable bonds is 5. The molecular formula is C17H22FN3O2. The summed E-state index contributed by atoms with van der Waals surface area (Å²) in [6, 6.07) is 5.87. The van der Waals surface area contributed by atoms with E-state index in [1.807, 2.05) is 0 Å². The zero-order valence-corrected chi connectivity index (χ0v) is 13.5. The van der Waals surface area contributed by atoms with Crippen molar-refractivity contribution in [2.75, 3.05) is 13.1 Å². The number of likely N-dealkylation sites (tertiary alicyclic amines) is 1. The van der Waals surface area contributed by atoms with Crippen LogP contribution in [0.4, 0.5) is 4.39 Å². The Hall–Kier alpha value is -1.95. The van der Waals surface area contributed by atoms with Crippen LogP contribution >= 0.6 is 0 Å². The molecule has 0 radical (unpaired) electrons. The predicted molar refractivity (Wildman–Crippen MR) is 83.3 cm³/mol. The van der Waals surface area contributed by atoms with Gasteiger partial charge >= 0.3 is 0 Å². The number of benzene rings is 1. The molecule has 0 aliphatic carbocycles. The highest BCUT2D eigenvalue weighted by Crippen LogP contribution is 2.22. The van der Waals surface area contributed by atoms with E-state index in [2.05, 4.69) is 28.9 Å². The molecule has 1 aliphatic rings. The molecule has 0 amide bonds. The van der Waals surface area contributed by atoms with Gasteiger partial charge in [0.1, 0.15) is 11.6 Å². The topological polar surface area (TPSA) is 51.4 Å². The van der Waals surface area contributed by atoms with Crippen LogP contribution in [0.25, 0.3) is 0 Å². The lowest BCUT2D eigenvalue weighted by Crippen LogP contribution is -2.38. The van der Waals surface area contributed by atoms with Crippen LogP contribution in [-0.2, 0) is 13.2 Å². The van der Waals surface area contributed by atoms with Crippen molar-refractivity contribution in [2.45, 2.75) is 33.4 Å². The Morgan fingerprint density at radius 1 is 1.22 bits per heavy atom. The highest BCUT2D eigenvalue weighted by atomic mass is 19.1. The summed E-state index contributed by atoms with van der Waals surface area (Å²) in [6.45, 7) is 7.57. The van der Waals surface area contributed by atoms with Gasteiger partial charge in [0.2, 0.25) is 11.7 Å². The van der Waals surface area contributed by atoms with E-state index in [1.165, 1.54) is 18.6 Å². The fraction of sp³-hybridized carbons (Fsp3) is 0.529. The van der Waals surface area contributed by atoms with Gasteiger partial charge in [0.25, 0.3) is 0 Å². The molecule has 3 rings (SSSR count). The second-order valence-electron chi connectivity index (χ2n) is 6.49. The molecule has 1 fully saturated rings. The molecule has 6 heteroatoms. The van der Waals surface area contributed by atoms with Gasteiger partial charge in [-0.1, -0.05) is 19.0 Å². The Morgan fingerprint density at radius 2 is 1.91 bits per heavy atom. The molecule has 1 aromatic heterocycles. The Balaban J connectivity index is 1.52. The standard InChI is InChI=1S/C17H22FN3O2/c1-12-7-13(2)9-21(8-12)10-17-19-16(20-23-17)11-22-15-5-3-14(18)4-6-15/h3-6,12-13H,7-11H2,1-2H3. The second-order valence-corrected chi connectivity index (χ2v) is 6.49. The number of ether oxygens (including phenoxy) is 1. The normalized spacial score (nSPS) is 22.2. The lowest BCUT2D eigenvalue weighted by molar-refractivity contribution is 0.121. The Labute approximate surface area is 135 Å². The number of aromatic nitrogens is 2. The lowest BCUT2D eigenvalue weighted by atomic mass is 9.92. The summed E-state index contributed by atoms with van der Waals surface area (Å²) in [6.07, 6.45) is 1.27. The van der Waals surface area contributed by atoms with E-state index in [1.54, 1.807) is 12.1 Å². The maximum absolute atomic E-state index is 12.8. The van der Waals surface area contributed by atoms with Crippen molar-refractivity contribution in [3.8, 4) is 5.75 Å². The number of nitrogens with zero attached hydrogens (tertiary/aromatic N) is 3. The fourth-order valence-corrected chi connectivity index (χ4v) is 3.20. The molecule has 0 N–H and O–H groups in total. The van der Waals surface area contributed by atoms with E-state index >= 15 is 0 Å². The van der Waals surface area contributed by atoms with Gasteiger partial charge in [-0.25, -0.2) is 4.39 Å². The summed E-state index contributed by atoms with van der Waals surface area (Å²) in [7, 11) is 0. The van der Waals surface area contributed by atoms with E-state index in [0.717, 1.165) is 13.1 Å². The summed E-state index contributed by atoms with van der Waals surface area (Å²) >= 11 is 0. The van der Waals surface area contributed by atoms with Crippen LogP contribution < -0.4 is 4.74 Å². The molecule has 0 bridgehead atoms. The van der Waals surface area contributed by atoms with Gasteiger partial charge < -0.3 is 9.26 Å². The average molecular weight is 319 g/mol. The van der Waals surface area contributed by atoms with Crippen LogP contribution in [-0.4, -0.2) is 28.1 Å². The number of halogens is 1. The largest absolute Gasteiger partial charge is 0.485 e. The molecule has 2 atom stereocenters. The highest BCUT2D eigenvalue weighted by Gasteiger charge is 2.23. The van der Waals surface area contributed by atoms with Gasteiger partial charge in [-0.15, -0.1) is 0 Å². The van der Waals surface area contributed by atoms with Crippen LogP contribution in [0.5, 0.6) is 5.75 Å². The first kappa shape index (κ1) is 15.9. The number of hydrogen-bond donors (Lipinski definition) is 0. The van der Waals surface area contributed by atoms with Crippen LogP contribution in [0.3, 0.4) is 0 Å².